The van der Waals surface area contributed by atoms with Crippen LogP contribution in [0.3, 0.4) is 0 Å². The first-order valence-electron chi connectivity index (χ1n) is 10.8. The summed E-state index contributed by atoms with van der Waals surface area (Å²) in [5.41, 5.74) is 3.93. The molecule has 9 nitrogen and oxygen atoms in total. The highest BCUT2D eigenvalue weighted by Gasteiger charge is 2.39. The van der Waals surface area contributed by atoms with Gasteiger partial charge in [-0.1, -0.05) is 6.07 Å². The number of rotatable bonds is 2. The van der Waals surface area contributed by atoms with Crippen molar-refractivity contribution in [3.8, 4) is 6.07 Å². The molecule has 3 aliphatic rings. The Balaban J connectivity index is 1.34. The van der Waals surface area contributed by atoms with E-state index < -0.39 is 11.9 Å². The number of piperidine rings is 1. The van der Waals surface area contributed by atoms with Gasteiger partial charge in [-0.05, 0) is 60.7 Å². The summed E-state index contributed by atoms with van der Waals surface area (Å²) < 4.78 is 0. The Morgan fingerprint density at radius 1 is 1.15 bits per heavy atom. The molecule has 1 fully saturated rings. The van der Waals surface area contributed by atoms with Crippen LogP contribution in [0, 0.1) is 11.3 Å². The quantitative estimate of drug-likeness (QED) is 0.690. The highest BCUT2D eigenvalue weighted by molar-refractivity contribution is 6.06. The van der Waals surface area contributed by atoms with E-state index in [4.69, 9.17) is 0 Å². The predicted molar refractivity (Wildman–Crippen MR) is 118 cm³/mol. The Kier molecular flexibility index (Phi) is 5.05. The van der Waals surface area contributed by atoms with Crippen LogP contribution in [-0.4, -0.2) is 41.2 Å². The number of carbonyl (C=O) groups is 4. The van der Waals surface area contributed by atoms with Crippen molar-refractivity contribution in [1.29, 1.82) is 5.26 Å². The number of amides is 5. The fraction of sp³-hybridized carbons (Fsp3) is 0.292. The van der Waals surface area contributed by atoms with Crippen LogP contribution in [0.4, 0.5) is 16.2 Å². The van der Waals surface area contributed by atoms with Gasteiger partial charge in [-0.15, -0.1) is 0 Å². The standard InChI is InChI=1S/C24H21N5O4/c25-12-14-3-1-5-19-17(14)4-2-10-28(19)24(33)26-16-6-7-18-15(11-16)13-29(23(18)32)20-8-9-21(30)27-22(20)31/h1,3,5-7,11,20H,2,4,8-10,13H2,(H,26,33)(H,27,30,31). The molecule has 3 aliphatic heterocycles. The average molecular weight is 443 g/mol. The lowest BCUT2D eigenvalue weighted by atomic mass is 9.97. The molecule has 1 atom stereocenters. The highest BCUT2D eigenvalue weighted by atomic mass is 16.2. The van der Waals surface area contributed by atoms with Crippen molar-refractivity contribution >= 4 is 35.1 Å². The monoisotopic (exact) mass is 443 g/mol. The fourth-order valence-corrected chi connectivity index (χ4v) is 4.78. The SMILES string of the molecule is N#Cc1cccc2c1CCCN2C(=O)Nc1ccc2c(c1)CN(C1CCC(=O)NC1=O)C2=O. The number of imide groups is 1. The molecule has 0 saturated carbocycles. The summed E-state index contributed by atoms with van der Waals surface area (Å²) in [7, 11) is 0. The van der Waals surface area contributed by atoms with Crippen molar-refractivity contribution in [2.75, 3.05) is 16.8 Å². The molecule has 2 aromatic carbocycles. The predicted octanol–water partition coefficient (Wildman–Crippen LogP) is 2.30. The molecule has 9 heteroatoms. The third kappa shape index (κ3) is 3.59. The molecular weight excluding hydrogens is 422 g/mol. The minimum absolute atomic E-state index is 0.197. The van der Waals surface area contributed by atoms with E-state index in [9.17, 15) is 24.4 Å². The third-order valence-corrected chi connectivity index (χ3v) is 6.39. The van der Waals surface area contributed by atoms with Gasteiger partial charge in [0.25, 0.3) is 5.91 Å². The summed E-state index contributed by atoms with van der Waals surface area (Å²) in [4.78, 5) is 52.6. The second-order valence-corrected chi connectivity index (χ2v) is 8.37. The average Bonchev–Trinajstić information content (AvgIpc) is 3.13. The van der Waals surface area contributed by atoms with E-state index in [0.717, 1.165) is 24.1 Å². The third-order valence-electron chi connectivity index (χ3n) is 6.39. The van der Waals surface area contributed by atoms with Crippen molar-refractivity contribution in [1.82, 2.24) is 10.2 Å². The molecule has 1 unspecified atom stereocenters. The lowest BCUT2D eigenvalue weighted by Gasteiger charge is -2.30. The molecule has 166 valence electrons. The second-order valence-electron chi connectivity index (χ2n) is 8.37. The van der Waals surface area contributed by atoms with Crippen LogP contribution >= 0.6 is 0 Å². The van der Waals surface area contributed by atoms with Crippen LogP contribution in [0.2, 0.25) is 0 Å². The van der Waals surface area contributed by atoms with E-state index in [1.54, 1.807) is 35.2 Å². The summed E-state index contributed by atoms with van der Waals surface area (Å²) >= 11 is 0. The molecule has 2 N–H and O–H groups in total. The Morgan fingerprint density at radius 2 is 2.00 bits per heavy atom. The molecule has 0 spiro atoms. The number of benzene rings is 2. The van der Waals surface area contributed by atoms with Gasteiger partial charge in [0.15, 0.2) is 0 Å². The van der Waals surface area contributed by atoms with Gasteiger partial charge in [-0.25, -0.2) is 4.79 Å². The second kappa shape index (κ2) is 8.06. The van der Waals surface area contributed by atoms with Gasteiger partial charge in [0.1, 0.15) is 6.04 Å². The lowest BCUT2D eigenvalue weighted by Crippen LogP contribution is -2.52. The maximum atomic E-state index is 13.0. The number of anilines is 2. The van der Waals surface area contributed by atoms with Gasteiger partial charge in [0, 0.05) is 36.4 Å². The zero-order valence-corrected chi connectivity index (χ0v) is 17.8. The van der Waals surface area contributed by atoms with Gasteiger partial charge in [-0.3, -0.25) is 24.6 Å². The van der Waals surface area contributed by atoms with Crippen molar-refractivity contribution < 1.29 is 19.2 Å². The van der Waals surface area contributed by atoms with Crippen LogP contribution in [0.25, 0.3) is 0 Å². The van der Waals surface area contributed by atoms with Crippen LogP contribution < -0.4 is 15.5 Å². The Hall–Kier alpha value is -4.19. The van der Waals surface area contributed by atoms with E-state index in [1.165, 1.54) is 4.90 Å². The Morgan fingerprint density at radius 3 is 2.79 bits per heavy atom. The van der Waals surface area contributed by atoms with Crippen molar-refractivity contribution in [3.63, 3.8) is 0 Å². The molecule has 0 aliphatic carbocycles. The number of fused-ring (bicyclic) bond motifs is 2. The van der Waals surface area contributed by atoms with Crippen LogP contribution in [-0.2, 0) is 22.6 Å². The first-order valence-corrected chi connectivity index (χ1v) is 10.8. The van der Waals surface area contributed by atoms with Gasteiger partial charge in [0.2, 0.25) is 11.8 Å². The minimum atomic E-state index is -0.681. The van der Waals surface area contributed by atoms with Gasteiger partial charge >= 0.3 is 6.03 Å². The largest absolute Gasteiger partial charge is 0.326 e. The maximum Gasteiger partial charge on any atom is 0.326 e. The Labute approximate surface area is 190 Å². The normalized spacial score (nSPS) is 19.5. The summed E-state index contributed by atoms with van der Waals surface area (Å²) in [5.74, 6) is -1.04. The molecular formula is C24H21N5O4. The molecule has 0 bridgehead atoms. The highest BCUT2D eigenvalue weighted by Crippen LogP contribution is 2.32. The topological polar surface area (TPSA) is 123 Å². The zero-order chi connectivity index (χ0) is 23.1. The van der Waals surface area contributed by atoms with Gasteiger partial charge < -0.3 is 10.2 Å². The molecule has 0 aromatic heterocycles. The number of urea groups is 1. The van der Waals surface area contributed by atoms with Crippen LogP contribution in [0.1, 0.15) is 46.3 Å². The van der Waals surface area contributed by atoms with Crippen molar-refractivity contribution in [3.05, 3.63) is 58.7 Å². The molecule has 1 saturated heterocycles. The van der Waals surface area contributed by atoms with Crippen molar-refractivity contribution in [2.45, 2.75) is 38.3 Å². The number of carbonyl (C=O) groups excluding carboxylic acids is 4. The van der Waals surface area contributed by atoms with E-state index in [2.05, 4.69) is 16.7 Å². The van der Waals surface area contributed by atoms with Crippen LogP contribution in [0.5, 0.6) is 0 Å². The van der Waals surface area contributed by atoms with E-state index >= 15 is 0 Å². The number of hydrogen-bond donors (Lipinski definition) is 2. The van der Waals surface area contributed by atoms with Crippen molar-refractivity contribution in [2.24, 2.45) is 0 Å². The first-order chi connectivity index (χ1) is 16.0. The molecule has 2 aromatic rings. The molecule has 5 rings (SSSR count). The minimum Gasteiger partial charge on any atom is -0.322 e. The van der Waals surface area contributed by atoms with Crippen LogP contribution in [0.15, 0.2) is 36.4 Å². The molecule has 0 radical (unpaired) electrons. The number of hydrogen-bond acceptors (Lipinski definition) is 5. The van der Waals surface area contributed by atoms with Gasteiger partial charge in [-0.2, -0.15) is 5.26 Å². The summed E-state index contributed by atoms with van der Waals surface area (Å²) in [6, 6.07) is 11.6. The summed E-state index contributed by atoms with van der Waals surface area (Å²) in [6.45, 7) is 0.780. The summed E-state index contributed by atoms with van der Waals surface area (Å²) in [5, 5.41) is 14.6. The van der Waals surface area contributed by atoms with E-state index in [-0.39, 0.29) is 30.8 Å². The number of nitriles is 1. The molecule has 5 amide bonds. The van der Waals surface area contributed by atoms with Gasteiger partial charge in [0.05, 0.1) is 11.6 Å². The Bertz CT molecular complexity index is 1250. The number of nitrogens with one attached hydrogen (secondary N) is 2. The smallest absolute Gasteiger partial charge is 0.322 e. The lowest BCUT2D eigenvalue weighted by molar-refractivity contribution is -0.136. The van der Waals surface area contributed by atoms with E-state index in [1.807, 2.05) is 6.07 Å². The molecule has 3 heterocycles. The van der Waals surface area contributed by atoms with E-state index in [0.29, 0.717) is 35.3 Å². The summed E-state index contributed by atoms with van der Waals surface area (Å²) in [6.07, 6.45) is 2.01. The maximum absolute atomic E-state index is 13.0. The first kappa shape index (κ1) is 20.7. The number of nitrogens with zero attached hydrogens (tertiary/aromatic N) is 3. The molecule has 33 heavy (non-hydrogen) atoms. The zero-order valence-electron chi connectivity index (χ0n) is 17.8. The fourth-order valence-electron chi connectivity index (χ4n) is 4.78.